The summed E-state index contributed by atoms with van der Waals surface area (Å²) in [6.07, 6.45) is -0.0362. The van der Waals surface area contributed by atoms with Crippen LogP contribution in [0.25, 0.3) is 0 Å². The van der Waals surface area contributed by atoms with Crippen molar-refractivity contribution in [2.24, 2.45) is 0 Å². The highest BCUT2D eigenvalue weighted by atomic mass is 16.5. The number of hydrogen-bond donors (Lipinski definition) is 2. The van der Waals surface area contributed by atoms with Gasteiger partial charge in [-0.1, -0.05) is 0 Å². The van der Waals surface area contributed by atoms with E-state index in [0.717, 1.165) is 0 Å². The van der Waals surface area contributed by atoms with Crippen LogP contribution in [0.5, 0.6) is 17.2 Å². The monoisotopic (exact) mass is 414 g/mol. The van der Waals surface area contributed by atoms with Crippen LogP contribution in [0.3, 0.4) is 0 Å². The van der Waals surface area contributed by atoms with E-state index in [2.05, 4.69) is 10.9 Å². The zero-order valence-electron chi connectivity index (χ0n) is 17.3. The largest absolute Gasteiger partial charge is 0.494 e. The summed E-state index contributed by atoms with van der Waals surface area (Å²) in [4.78, 5) is 36.4. The number of ketones is 1. The average molecular weight is 414 g/mol. The van der Waals surface area contributed by atoms with Crippen molar-refractivity contribution in [2.45, 2.75) is 26.7 Å². The van der Waals surface area contributed by atoms with Crippen molar-refractivity contribution in [1.29, 1.82) is 0 Å². The number of carbonyl (C=O) groups excluding carboxylic acids is 3. The van der Waals surface area contributed by atoms with Crippen molar-refractivity contribution in [1.82, 2.24) is 10.9 Å². The molecule has 0 bridgehead atoms. The lowest BCUT2D eigenvalue weighted by atomic mass is 10.1. The predicted molar refractivity (Wildman–Crippen MR) is 111 cm³/mol. The second-order valence-corrected chi connectivity index (χ2v) is 6.18. The van der Waals surface area contributed by atoms with E-state index in [1.54, 1.807) is 36.4 Å². The highest BCUT2D eigenvalue weighted by Gasteiger charge is 2.13. The second-order valence-electron chi connectivity index (χ2n) is 6.18. The minimum Gasteiger partial charge on any atom is -0.494 e. The first-order chi connectivity index (χ1) is 14.5. The maximum Gasteiger partial charge on any atom is 0.269 e. The van der Waals surface area contributed by atoms with E-state index < -0.39 is 11.8 Å². The van der Waals surface area contributed by atoms with Crippen molar-refractivity contribution < 1.29 is 28.6 Å². The number of benzene rings is 2. The fourth-order valence-electron chi connectivity index (χ4n) is 2.62. The Morgan fingerprint density at radius 1 is 0.800 bits per heavy atom. The predicted octanol–water partition coefficient (Wildman–Crippen LogP) is 2.92. The molecule has 2 aromatic rings. The Labute approximate surface area is 175 Å². The summed E-state index contributed by atoms with van der Waals surface area (Å²) in [5.41, 5.74) is 5.42. The standard InChI is InChI=1S/C22H26N2O6/c1-4-29-17-9-6-15(7-10-17)18(25)11-13-21(26)23-24-22(27)16-8-12-19(30-5-2)20(14-16)28-3/h6-10,12,14H,4-5,11,13H2,1-3H3,(H,23,26)(H,24,27). The van der Waals surface area contributed by atoms with E-state index >= 15 is 0 Å². The van der Waals surface area contributed by atoms with Gasteiger partial charge in [0.1, 0.15) is 5.75 Å². The Morgan fingerprint density at radius 2 is 1.47 bits per heavy atom. The highest BCUT2D eigenvalue weighted by Crippen LogP contribution is 2.27. The first kappa shape index (κ1) is 22.7. The molecule has 0 fully saturated rings. The van der Waals surface area contributed by atoms with Crippen LogP contribution in [0.4, 0.5) is 0 Å². The van der Waals surface area contributed by atoms with Gasteiger partial charge in [-0.05, 0) is 56.3 Å². The van der Waals surface area contributed by atoms with Gasteiger partial charge in [0.15, 0.2) is 17.3 Å². The van der Waals surface area contributed by atoms with Gasteiger partial charge in [-0.2, -0.15) is 0 Å². The first-order valence-electron chi connectivity index (χ1n) is 9.64. The SMILES string of the molecule is CCOc1ccc(C(=O)CCC(=O)NNC(=O)c2ccc(OCC)c(OC)c2)cc1. The van der Waals surface area contributed by atoms with Gasteiger partial charge in [-0.3, -0.25) is 25.2 Å². The highest BCUT2D eigenvalue weighted by molar-refractivity contribution is 5.99. The second kappa shape index (κ2) is 11.5. The minimum atomic E-state index is -0.512. The summed E-state index contributed by atoms with van der Waals surface area (Å²) in [6, 6.07) is 11.4. The van der Waals surface area contributed by atoms with Crippen LogP contribution in [0.2, 0.25) is 0 Å². The first-order valence-corrected chi connectivity index (χ1v) is 9.64. The number of ether oxygens (including phenoxy) is 3. The van der Waals surface area contributed by atoms with Crippen molar-refractivity contribution in [3.05, 3.63) is 53.6 Å². The van der Waals surface area contributed by atoms with E-state index in [1.165, 1.54) is 13.2 Å². The van der Waals surface area contributed by atoms with Gasteiger partial charge >= 0.3 is 0 Å². The van der Waals surface area contributed by atoms with Gasteiger partial charge in [0, 0.05) is 24.0 Å². The molecule has 0 aliphatic rings. The molecule has 2 rings (SSSR count). The molecule has 2 amide bonds. The number of hydrogen-bond acceptors (Lipinski definition) is 6. The zero-order valence-corrected chi connectivity index (χ0v) is 17.3. The van der Waals surface area contributed by atoms with Crippen molar-refractivity contribution in [2.75, 3.05) is 20.3 Å². The average Bonchev–Trinajstić information content (AvgIpc) is 2.77. The third-order valence-corrected chi connectivity index (χ3v) is 4.11. The van der Waals surface area contributed by atoms with E-state index in [4.69, 9.17) is 14.2 Å². The Kier molecular flexibility index (Phi) is 8.68. The summed E-state index contributed by atoms with van der Waals surface area (Å²) < 4.78 is 15.9. The lowest BCUT2D eigenvalue weighted by Crippen LogP contribution is -2.41. The summed E-state index contributed by atoms with van der Waals surface area (Å²) in [5.74, 6) is 0.462. The Balaban J connectivity index is 1.82. The molecule has 0 aromatic heterocycles. The molecule has 2 N–H and O–H groups in total. The van der Waals surface area contributed by atoms with Gasteiger partial charge in [-0.25, -0.2) is 0 Å². The van der Waals surface area contributed by atoms with Gasteiger partial charge in [-0.15, -0.1) is 0 Å². The molecule has 0 unspecified atom stereocenters. The molecule has 0 saturated heterocycles. The maximum absolute atomic E-state index is 12.2. The summed E-state index contributed by atoms with van der Waals surface area (Å²) >= 11 is 0. The smallest absolute Gasteiger partial charge is 0.269 e. The summed E-state index contributed by atoms with van der Waals surface area (Å²) in [5, 5.41) is 0. The van der Waals surface area contributed by atoms with Gasteiger partial charge < -0.3 is 14.2 Å². The number of methoxy groups -OCH3 is 1. The molecule has 0 aliphatic carbocycles. The van der Waals surface area contributed by atoms with Crippen LogP contribution in [-0.4, -0.2) is 37.9 Å². The Bertz CT molecular complexity index is 880. The fraction of sp³-hybridized carbons (Fsp3) is 0.318. The molecule has 30 heavy (non-hydrogen) atoms. The lowest BCUT2D eigenvalue weighted by molar-refractivity contribution is -0.121. The van der Waals surface area contributed by atoms with E-state index in [0.29, 0.717) is 41.6 Å². The third-order valence-electron chi connectivity index (χ3n) is 4.11. The fourth-order valence-corrected chi connectivity index (χ4v) is 2.62. The van der Waals surface area contributed by atoms with Crippen LogP contribution in [-0.2, 0) is 4.79 Å². The van der Waals surface area contributed by atoms with Crippen LogP contribution >= 0.6 is 0 Å². The van der Waals surface area contributed by atoms with Gasteiger partial charge in [0.25, 0.3) is 5.91 Å². The maximum atomic E-state index is 12.2. The van der Waals surface area contributed by atoms with Crippen LogP contribution in [0.15, 0.2) is 42.5 Å². The van der Waals surface area contributed by atoms with Crippen molar-refractivity contribution in [3.63, 3.8) is 0 Å². The molecule has 0 aliphatic heterocycles. The Morgan fingerprint density at radius 3 is 2.10 bits per heavy atom. The number of hydrazine groups is 1. The quantitative estimate of drug-likeness (QED) is 0.458. The van der Waals surface area contributed by atoms with Crippen molar-refractivity contribution in [3.8, 4) is 17.2 Å². The number of carbonyl (C=O) groups is 3. The molecule has 0 spiro atoms. The van der Waals surface area contributed by atoms with Crippen molar-refractivity contribution >= 4 is 17.6 Å². The number of amides is 2. The Hall–Kier alpha value is -3.55. The number of rotatable bonds is 10. The molecule has 0 radical (unpaired) electrons. The molecule has 8 nitrogen and oxygen atoms in total. The van der Waals surface area contributed by atoms with E-state index in [1.807, 2.05) is 13.8 Å². The minimum absolute atomic E-state index is 0.0204. The molecule has 0 atom stereocenters. The number of Topliss-reactive ketones (excluding diaryl/α,β-unsaturated/α-hetero) is 1. The molecule has 0 saturated carbocycles. The van der Waals surface area contributed by atoms with Crippen LogP contribution < -0.4 is 25.1 Å². The topological polar surface area (TPSA) is 103 Å². The van der Waals surface area contributed by atoms with Gasteiger partial charge in [0.05, 0.1) is 20.3 Å². The zero-order chi connectivity index (χ0) is 21.9. The van der Waals surface area contributed by atoms with Gasteiger partial charge in [0.2, 0.25) is 5.91 Å². The van der Waals surface area contributed by atoms with Crippen LogP contribution in [0.1, 0.15) is 47.4 Å². The molecule has 160 valence electrons. The summed E-state index contributed by atoms with van der Waals surface area (Å²) in [6.45, 7) is 4.73. The normalized spacial score (nSPS) is 10.1. The third kappa shape index (κ3) is 6.51. The lowest BCUT2D eigenvalue weighted by Gasteiger charge is -2.11. The van der Waals surface area contributed by atoms with Crippen LogP contribution in [0, 0.1) is 0 Å². The van der Waals surface area contributed by atoms with E-state index in [-0.39, 0.29) is 18.6 Å². The van der Waals surface area contributed by atoms with E-state index in [9.17, 15) is 14.4 Å². The number of nitrogens with one attached hydrogen (secondary N) is 2. The molecule has 0 heterocycles. The molecular weight excluding hydrogens is 388 g/mol. The summed E-state index contributed by atoms with van der Waals surface area (Å²) in [7, 11) is 1.47. The molecule has 8 heteroatoms. The molecular formula is C22H26N2O6. The molecule has 2 aromatic carbocycles.